The molecule has 132 valence electrons. The summed E-state index contributed by atoms with van der Waals surface area (Å²) in [5, 5.41) is 12.4. The van der Waals surface area contributed by atoms with Crippen molar-refractivity contribution in [2.75, 3.05) is 18.4 Å². The van der Waals surface area contributed by atoms with E-state index in [-0.39, 0.29) is 6.54 Å². The van der Waals surface area contributed by atoms with Crippen LogP contribution in [0, 0.1) is 6.92 Å². The first-order chi connectivity index (χ1) is 12.0. The van der Waals surface area contributed by atoms with Crippen molar-refractivity contribution in [3.05, 3.63) is 36.3 Å². The molecule has 2 aromatic rings. The monoisotopic (exact) mass is 341 g/mol. The molecule has 0 unspecified atom stereocenters. The van der Waals surface area contributed by atoms with Gasteiger partial charge in [0.25, 0.3) is 0 Å². The molecule has 0 aliphatic heterocycles. The third-order valence-corrected chi connectivity index (χ3v) is 4.52. The molecule has 1 aliphatic rings. The van der Waals surface area contributed by atoms with Crippen molar-refractivity contribution in [2.24, 2.45) is 0 Å². The van der Waals surface area contributed by atoms with E-state index in [1.54, 1.807) is 12.4 Å². The minimum absolute atomic E-state index is 0.104. The van der Waals surface area contributed by atoms with E-state index >= 15 is 0 Å². The molecular formula is C18H23N5O2. The van der Waals surface area contributed by atoms with Gasteiger partial charge in [0.15, 0.2) is 5.82 Å². The molecule has 25 heavy (non-hydrogen) atoms. The zero-order valence-corrected chi connectivity index (χ0v) is 14.5. The summed E-state index contributed by atoms with van der Waals surface area (Å²) in [6.45, 7) is 4.81. The Bertz CT molecular complexity index is 732. The van der Waals surface area contributed by atoms with Gasteiger partial charge in [0.05, 0.1) is 6.54 Å². The number of aliphatic carboxylic acids is 1. The van der Waals surface area contributed by atoms with Crippen molar-refractivity contribution in [2.45, 2.75) is 38.8 Å². The number of likely N-dealkylation sites (N-methyl/N-ethyl adjacent to an activating group) is 1. The largest absolute Gasteiger partial charge is 0.480 e. The molecule has 0 saturated heterocycles. The van der Waals surface area contributed by atoms with E-state index < -0.39 is 5.97 Å². The van der Waals surface area contributed by atoms with Gasteiger partial charge < -0.3 is 10.4 Å². The zero-order valence-electron chi connectivity index (χ0n) is 14.5. The van der Waals surface area contributed by atoms with E-state index in [1.807, 2.05) is 36.9 Å². The first-order valence-electron chi connectivity index (χ1n) is 8.53. The Morgan fingerprint density at radius 3 is 2.68 bits per heavy atom. The predicted molar refractivity (Wildman–Crippen MR) is 95.3 cm³/mol. The van der Waals surface area contributed by atoms with Crippen LogP contribution in [-0.4, -0.2) is 56.1 Å². The summed E-state index contributed by atoms with van der Waals surface area (Å²) in [6, 6.07) is 6.35. The highest BCUT2D eigenvalue weighted by Crippen LogP contribution is 2.28. The molecule has 7 heteroatoms. The Labute approximate surface area is 147 Å². The van der Waals surface area contributed by atoms with Gasteiger partial charge in [-0.1, -0.05) is 6.92 Å². The molecule has 3 rings (SSSR count). The maximum atomic E-state index is 10.9. The zero-order chi connectivity index (χ0) is 17.8. The number of hydrogen-bond donors (Lipinski definition) is 2. The Hall–Kier alpha value is -2.54. The molecule has 2 aromatic heterocycles. The average Bonchev–Trinajstić information content (AvgIpc) is 2.56. The number of pyridine rings is 1. The van der Waals surface area contributed by atoms with Gasteiger partial charge in [-0.3, -0.25) is 14.7 Å². The summed E-state index contributed by atoms with van der Waals surface area (Å²) in [4.78, 5) is 26.0. The fourth-order valence-corrected chi connectivity index (χ4v) is 3.16. The van der Waals surface area contributed by atoms with Crippen LogP contribution >= 0.6 is 0 Å². The van der Waals surface area contributed by atoms with Crippen LogP contribution in [0.15, 0.2) is 30.6 Å². The number of nitrogens with one attached hydrogen (secondary N) is 1. The Morgan fingerprint density at radius 2 is 2.04 bits per heavy atom. The van der Waals surface area contributed by atoms with Crippen LogP contribution < -0.4 is 5.32 Å². The summed E-state index contributed by atoms with van der Waals surface area (Å²) in [7, 11) is 0. The third kappa shape index (κ3) is 4.30. The highest BCUT2D eigenvalue weighted by Gasteiger charge is 2.34. The summed E-state index contributed by atoms with van der Waals surface area (Å²) >= 11 is 0. The maximum Gasteiger partial charge on any atom is 0.317 e. The van der Waals surface area contributed by atoms with Crippen LogP contribution in [0.2, 0.25) is 0 Å². The van der Waals surface area contributed by atoms with E-state index in [0.29, 0.717) is 17.9 Å². The van der Waals surface area contributed by atoms with E-state index in [9.17, 15) is 4.79 Å². The second-order valence-electron chi connectivity index (χ2n) is 6.38. The fourth-order valence-electron chi connectivity index (χ4n) is 3.16. The van der Waals surface area contributed by atoms with Crippen molar-refractivity contribution >= 4 is 11.8 Å². The van der Waals surface area contributed by atoms with Gasteiger partial charge in [-0.2, -0.15) is 0 Å². The number of carboxylic acid groups (broad SMARTS) is 1. The topological polar surface area (TPSA) is 91.2 Å². The van der Waals surface area contributed by atoms with Crippen LogP contribution in [0.25, 0.3) is 11.4 Å². The summed E-state index contributed by atoms with van der Waals surface area (Å²) in [5.41, 5.74) is 1.84. The smallest absolute Gasteiger partial charge is 0.317 e. The van der Waals surface area contributed by atoms with Gasteiger partial charge in [-0.05, 0) is 38.4 Å². The highest BCUT2D eigenvalue weighted by atomic mass is 16.4. The molecule has 0 bridgehead atoms. The number of anilines is 1. The van der Waals surface area contributed by atoms with Crippen molar-refractivity contribution < 1.29 is 9.90 Å². The van der Waals surface area contributed by atoms with Gasteiger partial charge in [-0.25, -0.2) is 9.97 Å². The molecule has 1 saturated carbocycles. The molecule has 0 amide bonds. The molecule has 0 radical (unpaired) electrons. The first-order valence-corrected chi connectivity index (χ1v) is 8.53. The van der Waals surface area contributed by atoms with Crippen molar-refractivity contribution in [1.82, 2.24) is 19.9 Å². The third-order valence-electron chi connectivity index (χ3n) is 4.52. The lowest BCUT2D eigenvalue weighted by Crippen LogP contribution is -2.51. The molecule has 2 N–H and O–H groups in total. The standard InChI is InChI=1S/C18H23N5O2/c1-3-23(11-17(24)25)15-9-14(10-15)21-16-8-12(2)20-18(22-16)13-4-6-19-7-5-13/h4-8,14-15H,3,9-11H2,1-2H3,(H,24,25)(H,20,21,22). The van der Waals surface area contributed by atoms with Gasteiger partial charge in [0.1, 0.15) is 5.82 Å². The quantitative estimate of drug-likeness (QED) is 0.797. The minimum Gasteiger partial charge on any atom is -0.480 e. The van der Waals surface area contributed by atoms with Crippen molar-refractivity contribution in [3.8, 4) is 11.4 Å². The Morgan fingerprint density at radius 1 is 1.32 bits per heavy atom. The summed E-state index contributed by atoms with van der Waals surface area (Å²) in [5.74, 6) is 0.720. The Kier molecular flexibility index (Phi) is 5.23. The molecular weight excluding hydrogens is 318 g/mol. The van der Waals surface area contributed by atoms with Crippen LogP contribution in [0.1, 0.15) is 25.5 Å². The fraction of sp³-hybridized carbons (Fsp3) is 0.444. The van der Waals surface area contributed by atoms with E-state index in [1.165, 1.54) is 0 Å². The Balaban J connectivity index is 1.63. The molecule has 0 spiro atoms. The highest BCUT2D eigenvalue weighted by molar-refractivity contribution is 5.69. The maximum absolute atomic E-state index is 10.9. The summed E-state index contributed by atoms with van der Waals surface area (Å²) in [6.07, 6.45) is 5.31. The number of nitrogens with zero attached hydrogens (tertiary/aromatic N) is 4. The normalized spacial score (nSPS) is 19.5. The van der Waals surface area contributed by atoms with Gasteiger partial charge >= 0.3 is 5.97 Å². The number of carboxylic acids is 1. The minimum atomic E-state index is -0.772. The molecule has 7 nitrogen and oxygen atoms in total. The number of aromatic nitrogens is 3. The number of hydrogen-bond acceptors (Lipinski definition) is 6. The van der Waals surface area contributed by atoms with Gasteiger partial charge in [0, 0.05) is 41.8 Å². The SMILES string of the molecule is CCN(CC(=O)O)C1CC(Nc2cc(C)nc(-c3ccncc3)n2)C1. The predicted octanol–water partition coefficient (Wildman–Crippen LogP) is 2.20. The second-order valence-corrected chi connectivity index (χ2v) is 6.38. The summed E-state index contributed by atoms with van der Waals surface area (Å²) < 4.78 is 0. The van der Waals surface area contributed by atoms with E-state index in [0.717, 1.165) is 36.5 Å². The molecule has 0 atom stereocenters. The lowest BCUT2D eigenvalue weighted by atomic mass is 9.85. The van der Waals surface area contributed by atoms with Crippen LogP contribution in [0.4, 0.5) is 5.82 Å². The molecule has 1 fully saturated rings. The van der Waals surface area contributed by atoms with Crippen LogP contribution in [-0.2, 0) is 4.79 Å². The van der Waals surface area contributed by atoms with Crippen molar-refractivity contribution in [1.29, 1.82) is 0 Å². The second kappa shape index (κ2) is 7.57. The van der Waals surface area contributed by atoms with E-state index in [2.05, 4.69) is 20.3 Å². The average molecular weight is 341 g/mol. The van der Waals surface area contributed by atoms with Gasteiger partial charge in [-0.15, -0.1) is 0 Å². The lowest BCUT2D eigenvalue weighted by Gasteiger charge is -2.42. The molecule has 1 aliphatic carbocycles. The first kappa shape index (κ1) is 17.3. The lowest BCUT2D eigenvalue weighted by molar-refractivity contribution is -0.139. The van der Waals surface area contributed by atoms with E-state index in [4.69, 9.17) is 5.11 Å². The molecule has 2 heterocycles. The van der Waals surface area contributed by atoms with Gasteiger partial charge in [0.2, 0.25) is 0 Å². The van der Waals surface area contributed by atoms with Crippen LogP contribution in [0.5, 0.6) is 0 Å². The van der Waals surface area contributed by atoms with Crippen LogP contribution in [0.3, 0.4) is 0 Å². The van der Waals surface area contributed by atoms with Crippen molar-refractivity contribution in [3.63, 3.8) is 0 Å². The number of aryl methyl sites for hydroxylation is 1. The number of carbonyl (C=O) groups is 1. The number of rotatable bonds is 7. The molecule has 0 aromatic carbocycles.